The molecule has 3 nitrogen and oxygen atoms in total. The van der Waals surface area contributed by atoms with Crippen LogP contribution in [0.5, 0.6) is 5.75 Å². The van der Waals surface area contributed by atoms with Crippen molar-refractivity contribution >= 4 is 46.0 Å². The van der Waals surface area contributed by atoms with Gasteiger partial charge >= 0.3 is 0 Å². The Morgan fingerprint density at radius 3 is 2.39 bits per heavy atom. The number of ether oxygens (including phenoxy) is 1. The molecular weight excluding hydrogens is 422 g/mol. The van der Waals surface area contributed by atoms with E-state index in [-0.39, 0.29) is 5.91 Å². The fourth-order valence-corrected chi connectivity index (χ4v) is 4.74. The predicted octanol–water partition coefficient (Wildman–Crippen LogP) is 7.45. The number of anilines is 1. The summed E-state index contributed by atoms with van der Waals surface area (Å²) >= 11 is 6.84. The molecule has 5 heteroatoms. The largest absolute Gasteiger partial charge is 0.494 e. The molecule has 0 unspecified atom stereocenters. The van der Waals surface area contributed by atoms with Crippen LogP contribution in [0.3, 0.4) is 0 Å². The minimum absolute atomic E-state index is 0.0679. The van der Waals surface area contributed by atoms with Crippen LogP contribution in [0.2, 0.25) is 0 Å². The molecule has 0 bridgehead atoms. The first-order chi connectivity index (χ1) is 15.0. The molecular formula is C26H31NO2S2. The zero-order valence-corrected chi connectivity index (χ0v) is 20.3. The first-order valence-corrected chi connectivity index (χ1v) is 12.3. The standard InChI is InChI=1S/C26H31NO2S2/c1-4-5-6-7-8-9-16-29-23-14-11-21(12-15-23)18-24-25(28)27(26(30)31-24)22-13-10-19(2)20(3)17-22/h10-15,17-18H,4-9,16H2,1-3H3. The summed E-state index contributed by atoms with van der Waals surface area (Å²) in [5.41, 5.74) is 4.13. The molecule has 0 spiro atoms. The summed E-state index contributed by atoms with van der Waals surface area (Å²) in [5, 5.41) is 0. The molecule has 1 heterocycles. The maximum Gasteiger partial charge on any atom is 0.270 e. The number of thiocarbonyl (C=S) groups is 1. The first-order valence-electron chi connectivity index (χ1n) is 11.1. The number of rotatable bonds is 10. The Balaban J connectivity index is 1.57. The highest BCUT2D eigenvalue weighted by molar-refractivity contribution is 8.27. The van der Waals surface area contributed by atoms with Gasteiger partial charge < -0.3 is 4.74 Å². The van der Waals surface area contributed by atoms with Gasteiger partial charge in [0.2, 0.25) is 0 Å². The van der Waals surface area contributed by atoms with E-state index >= 15 is 0 Å². The van der Waals surface area contributed by atoms with E-state index in [0.29, 0.717) is 9.23 Å². The average molecular weight is 454 g/mol. The molecule has 2 aromatic rings. The predicted molar refractivity (Wildman–Crippen MR) is 137 cm³/mol. The Kier molecular flexibility index (Phi) is 8.73. The van der Waals surface area contributed by atoms with Gasteiger partial charge in [-0.3, -0.25) is 9.69 Å². The fraction of sp³-hybridized carbons (Fsp3) is 0.385. The normalized spacial score (nSPS) is 15.2. The van der Waals surface area contributed by atoms with E-state index in [1.54, 1.807) is 4.90 Å². The van der Waals surface area contributed by atoms with Gasteiger partial charge in [-0.1, -0.05) is 81.2 Å². The van der Waals surface area contributed by atoms with E-state index in [1.165, 1.54) is 49.4 Å². The van der Waals surface area contributed by atoms with Crippen molar-refractivity contribution in [3.05, 3.63) is 64.1 Å². The number of hydrogen-bond acceptors (Lipinski definition) is 4. The highest BCUT2D eigenvalue weighted by Gasteiger charge is 2.33. The molecule has 1 fully saturated rings. The fourth-order valence-electron chi connectivity index (χ4n) is 3.44. The molecule has 2 aromatic carbocycles. The summed E-state index contributed by atoms with van der Waals surface area (Å²) in [6, 6.07) is 13.9. The number of nitrogens with zero attached hydrogens (tertiary/aromatic N) is 1. The summed E-state index contributed by atoms with van der Waals surface area (Å²) in [6.45, 7) is 7.09. The summed E-state index contributed by atoms with van der Waals surface area (Å²) in [7, 11) is 0. The number of unbranched alkanes of at least 4 members (excludes halogenated alkanes) is 5. The Bertz CT molecular complexity index is 950. The van der Waals surface area contributed by atoms with Gasteiger partial charge in [0, 0.05) is 0 Å². The molecule has 0 radical (unpaired) electrons. The molecule has 0 aliphatic carbocycles. The monoisotopic (exact) mass is 453 g/mol. The van der Waals surface area contributed by atoms with Gasteiger partial charge in [-0.15, -0.1) is 0 Å². The van der Waals surface area contributed by atoms with Gasteiger partial charge in [0.25, 0.3) is 5.91 Å². The number of hydrogen-bond donors (Lipinski definition) is 0. The Labute approximate surface area is 195 Å². The molecule has 1 saturated heterocycles. The van der Waals surface area contributed by atoms with Crippen molar-refractivity contribution in [2.24, 2.45) is 0 Å². The first kappa shape index (κ1) is 23.6. The van der Waals surface area contributed by atoms with Gasteiger partial charge in [-0.2, -0.15) is 0 Å². The Morgan fingerprint density at radius 1 is 0.968 bits per heavy atom. The molecule has 3 rings (SSSR count). The second-order valence-corrected chi connectivity index (χ2v) is 9.65. The second kappa shape index (κ2) is 11.5. The van der Waals surface area contributed by atoms with E-state index in [2.05, 4.69) is 13.8 Å². The molecule has 164 valence electrons. The SMILES string of the molecule is CCCCCCCCOc1ccc(C=C2SC(=S)N(c3ccc(C)c(C)c3)C2=O)cc1. The van der Waals surface area contributed by atoms with Gasteiger partial charge in [0.15, 0.2) is 4.32 Å². The maximum atomic E-state index is 13.0. The smallest absolute Gasteiger partial charge is 0.270 e. The van der Waals surface area contributed by atoms with Crippen LogP contribution in [0.4, 0.5) is 5.69 Å². The van der Waals surface area contributed by atoms with Crippen molar-refractivity contribution in [2.45, 2.75) is 59.3 Å². The topological polar surface area (TPSA) is 29.5 Å². The summed E-state index contributed by atoms with van der Waals surface area (Å²) in [4.78, 5) is 15.2. The summed E-state index contributed by atoms with van der Waals surface area (Å²) in [6.07, 6.45) is 9.42. The van der Waals surface area contributed by atoms with Crippen LogP contribution in [0, 0.1) is 13.8 Å². The van der Waals surface area contributed by atoms with E-state index < -0.39 is 0 Å². The molecule has 31 heavy (non-hydrogen) atoms. The lowest BCUT2D eigenvalue weighted by Gasteiger charge is -2.15. The van der Waals surface area contributed by atoms with Crippen LogP contribution in [0.15, 0.2) is 47.4 Å². The lowest BCUT2D eigenvalue weighted by molar-refractivity contribution is -0.113. The third-order valence-electron chi connectivity index (χ3n) is 5.49. The van der Waals surface area contributed by atoms with Crippen molar-refractivity contribution < 1.29 is 9.53 Å². The zero-order valence-electron chi connectivity index (χ0n) is 18.6. The average Bonchev–Trinajstić information content (AvgIpc) is 3.03. The van der Waals surface area contributed by atoms with Crippen LogP contribution < -0.4 is 9.64 Å². The van der Waals surface area contributed by atoms with Crippen LogP contribution in [-0.4, -0.2) is 16.8 Å². The second-order valence-electron chi connectivity index (χ2n) is 7.97. The van der Waals surface area contributed by atoms with Crippen LogP contribution in [0.25, 0.3) is 6.08 Å². The number of benzene rings is 2. The Morgan fingerprint density at radius 2 is 1.68 bits per heavy atom. The summed E-state index contributed by atoms with van der Waals surface area (Å²) < 4.78 is 6.42. The van der Waals surface area contributed by atoms with E-state index in [9.17, 15) is 4.79 Å². The highest BCUT2D eigenvalue weighted by atomic mass is 32.2. The van der Waals surface area contributed by atoms with E-state index in [4.69, 9.17) is 17.0 Å². The Hall–Kier alpha value is -2.11. The van der Waals surface area contributed by atoms with Crippen LogP contribution in [-0.2, 0) is 4.79 Å². The van der Waals surface area contributed by atoms with Crippen molar-refractivity contribution in [1.82, 2.24) is 0 Å². The van der Waals surface area contributed by atoms with Crippen molar-refractivity contribution in [3.63, 3.8) is 0 Å². The highest BCUT2D eigenvalue weighted by Crippen LogP contribution is 2.36. The van der Waals surface area contributed by atoms with Gasteiger partial charge in [-0.25, -0.2) is 0 Å². The minimum Gasteiger partial charge on any atom is -0.494 e. The molecule has 0 aromatic heterocycles. The van der Waals surface area contributed by atoms with E-state index in [1.807, 2.05) is 55.5 Å². The minimum atomic E-state index is -0.0679. The quantitative estimate of drug-likeness (QED) is 0.212. The number of thioether (sulfide) groups is 1. The molecule has 0 N–H and O–H groups in total. The molecule has 0 saturated carbocycles. The van der Waals surface area contributed by atoms with Crippen molar-refractivity contribution in [1.29, 1.82) is 0 Å². The molecule has 1 aliphatic heterocycles. The van der Waals surface area contributed by atoms with E-state index in [0.717, 1.165) is 35.6 Å². The third-order valence-corrected chi connectivity index (χ3v) is 6.79. The molecule has 1 amide bonds. The van der Waals surface area contributed by atoms with Gasteiger partial charge in [0.1, 0.15) is 5.75 Å². The lowest BCUT2D eigenvalue weighted by atomic mass is 10.1. The number of carbonyl (C=O) groups excluding carboxylic acids is 1. The van der Waals surface area contributed by atoms with Crippen LogP contribution >= 0.6 is 24.0 Å². The van der Waals surface area contributed by atoms with Gasteiger partial charge in [-0.05, 0) is 67.3 Å². The maximum absolute atomic E-state index is 13.0. The lowest BCUT2D eigenvalue weighted by Crippen LogP contribution is -2.27. The molecule has 1 aliphatic rings. The van der Waals surface area contributed by atoms with Crippen LogP contribution in [0.1, 0.15) is 62.1 Å². The number of carbonyl (C=O) groups is 1. The van der Waals surface area contributed by atoms with Gasteiger partial charge in [0.05, 0.1) is 17.2 Å². The zero-order chi connectivity index (χ0) is 22.2. The van der Waals surface area contributed by atoms with Crippen molar-refractivity contribution in [2.75, 3.05) is 11.5 Å². The molecule has 0 atom stereocenters. The third kappa shape index (κ3) is 6.44. The number of amides is 1. The number of aryl methyl sites for hydroxylation is 2. The summed E-state index contributed by atoms with van der Waals surface area (Å²) in [5.74, 6) is 0.801. The van der Waals surface area contributed by atoms with Crippen molar-refractivity contribution in [3.8, 4) is 5.75 Å².